The minimum Gasteiger partial charge on any atom is -0.298 e. The van der Waals surface area contributed by atoms with Crippen molar-refractivity contribution in [1.82, 2.24) is 4.90 Å². The second-order valence-corrected chi connectivity index (χ2v) is 6.46. The van der Waals surface area contributed by atoms with Crippen molar-refractivity contribution in [2.75, 3.05) is 20.1 Å². The smallest absolute Gasteiger partial charge is 0.176 e. The summed E-state index contributed by atoms with van der Waals surface area (Å²) >= 11 is 0. The lowest BCUT2D eigenvalue weighted by Crippen LogP contribution is -2.33. The van der Waals surface area contributed by atoms with Gasteiger partial charge in [-0.1, -0.05) is 32.9 Å². The van der Waals surface area contributed by atoms with Crippen LogP contribution in [0.3, 0.4) is 0 Å². The average molecular weight is 247 g/mol. The summed E-state index contributed by atoms with van der Waals surface area (Å²) in [6.45, 7) is 12.1. The fourth-order valence-corrected chi connectivity index (χ4v) is 2.12. The maximum absolute atomic E-state index is 12.2. The van der Waals surface area contributed by atoms with Crippen molar-refractivity contribution in [3.05, 3.63) is 34.9 Å². The van der Waals surface area contributed by atoms with Crippen LogP contribution in [0.15, 0.2) is 18.2 Å². The molecule has 1 rings (SSSR count). The first kappa shape index (κ1) is 14.9. The van der Waals surface area contributed by atoms with E-state index in [9.17, 15) is 4.79 Å². The van der Waals surface area contributed by atoms with E-state index in [0.717, 1.165) is 12.1 Å². The molecule has 18 heavy (non-hydrogen) atoms. The van der Waals surface area contributed by atoms with Crippen LogP contribution < -0.4 is 0 Å². The Hall–Kier alpha value is -1.15. The Morgan fingerprint density at radius 3 is 2.28 bits per heavy atom. The highest BCUT2D eigenvalue weighted by Gasteiger charge is 2.16. The molecular weight excluding hydrogens is 222 g/mol. The second kappa shape index (κ2) is 5.66. The van der Waals surface area contributed by atoms with Gasteiger partial charge in [0.05, 0.1) is 6.54 Å². The zero-order chi connectivity index (χ0) is 13.9. The molecule has 2 nitrogen and oxygen atoms in total. The van der Waals surface area contributed by atoms with Gasteiger partial charge in [-0.3, -0.25) is 9.69 Å². The molecule has 0 aliphatic rings. The predicted molar refractivity (Wildman–Crippen MR) is 77.2 cm³/mol. The standard InChI is InChI=1S/C16H25NO/c1-12-7-8-14(9-13(12)2)15(18)10-17(6)11-16(3,4)5/h7-9H,10-11H2,1-6H3. The fraction of sp³-hybridized carbons (Fsp3) is 0.562. The summed E-state index contributed by atoms with van der Waals surface area (Å²) in [6, 6.07) is 5.94. The van der Waals surface area contributed by atoms with Crippen LogP contribution in [0.4, 0.5) is 0 Å². The first-order chi connectivity index (χ1) is 8.19. The third-order valence-electron chi connectivity index (χ3n) is 2.99. The summed E-state index contributed by atoms with van der Waals surface area (Å²) in [5, 5.41) is 0. The first-order valence-corrected chi connectivity index (χ1v) is 6.48. The van der Waals surface area contributed by atoms with Gasteiger partial charge in [0.25, 0.3) is 0 Å². The molecule has 0 radical (unpaired) electrons. The summed E-state index contributed by atoms with van der Waals surface area (Å²) in [7, 11) is 2.00. The molecule has 0 aliphatic carbocycles. The number of ketones is 1. The number of carbonyl (C=O) groups excluding carboxylic acids is 1. The van der Waals surface area contributed by atoms with E-state index in [2.05, 4.69) is 32.6 Å². The van der Waals surface area contributed by atoms with Gasteiger partial charge in [-0.15, -0.1) is 0 Å². The SMILES string of the molecule is Cc1ccc(C(=O)CN(C)CC(C)(C)C)cc1C. The van der Waals surface area contributed by atoms with Crippen molar-refractivity contribution < 1.29 is 4.79 Å². The van der Waals surface area contributed by atoms with Crippen LogP contribution in [-0.2, 0) is 0 Å². The molecule has 0 unspecified atom stereocenters. The molecule has 1 aromatic rings. The van der Waals surface area contributed by atoms with Crippen LogP contribution in [-0.4, -0.2) is 30.8 Å². The highest BCUT2D eigenvalue weighted by molar-refractivity contribution is 5.97. The van der Waals surface area contributed by atoms with E-state index < -0.39 is 0 Å². The van der Waals surface area contributed by atoms with Crippen molar-refractivity contribution in [1.29, 1.82) is 0 Å². The topological polar surface area (TPSA) is 20.3 Å². The summed E-state index contributed by atoms with van der Waals surface area (Å²) < 4.78 is 0. The number of Topliss-reactive ketones (excluding diaryl/α,β-unsaturated/α-hetero) is 1. The minimum atomic E-state index is 0.199. The lowest BCUT2D eigenvalue weighted by atomic mass is 9.96. The van der Waals surface area contributed by atoms with Crippen LogP contribution >= 0.6 is 0 Å². The van der Waals surface area contributed by atoms with Crippen LogP contribution in [0.25, 0.3) is 0 Å². The molecule has 1 aromatic carbocycles. The number of carbonyl (C=O) groups is 1. The highest BCUT2D eigenvalue weighted by Crippen LogP contribution is 2.15. The molecule has 0 amide bonds. The first-order valence-electron chi connectivity index (χ1n) is 6.48. The third kappa shape index (κ3) is 4.61. The minimum absolute atomic E-state index is 0.199. The van der Waals surface area contributed by atoms with Gasteiger partial charge in [0.2, 0.25) is 0 Å². The van der Waals surface area contributed by atoms with Crippen molar-refractivity contribution in [2.24, 2.45) is 5.41 Å². The lowest BCUT2D eigenvalue weighted by molar-refractivity contribution is 0.0927. The summed E-state index contributed by atoms with van der Waals surface area (Å²) in [5.74, 6) is 0.199. The number of hydrogen-bond acceptors (Lipinski definition) is 2. The van der Waals surface area contributed by atoms with E-state index in [0.29, 0.717) is 6.54 Å². The number of nitrogens with zero attached hydrogens (tertiary/aromatic N) is 1. The largest absolute Gasteiger partial charge is 0.298 e. The summed E-state index contributed by atoms with van der Waals surface area (Å²) in [4.78, 5) is 14.3. The molecule has 0 aromatic heterocycles. The van der Waals surface area contributed by atoms with E-state index in [4.69, 9.17) is 0 Å². The van der Waals surface area contributed by atoms with Crippen molar-refractivity contribution in [3.8, 4) is 0 Å². The third-order valence-corrected chi connectivity index (χ3v) is 2.99. The van der Waals surface area contributed by atoms with Gasteiger partial charge >= 0.3 is 0 Å². The van der Waals surface area contributed by atoms with Gasteiger partial charge in [-0.25, -0.2) is 0 Å². The van der Waals surface area contributed by atoms with Crippen LogP contribution in [0.5, 0.6) is 0 Å². The Balaban J connectivity index is 2.68. The van der Waals surface area contributed by atoms with Gasteiger partial charge in [-0.2, -0.15) is 0 Å². The van der Waals surface area contributed by atoms with Gasteiger partial charge in [-0.05, 0) is 43.5 Å². The highest BCUT2D eigenvalue weighted by atomic mass is 16.1. The van der Waals surface area contributed by atoms with Gasteiger partial charge < -0.3 is 0 Å². The van der Waals surface area contributed by atoms with E-state index in [-0.39, 0.29) is 11.2 Å². The molecule has 0 atom stereocenters. The Bertz CT molecular complexity index is 429. The Labute approximate surface area is 111 Å². The quantitative estimate of drug-likeness (QED) is 0.759. The number of hydrogen-bond donors (Lipinski definition) is 0. The number of likely N-dealkylation sites (N-methyl/N-ethyl adjacent to an activating group) is 1. The Kier molecular flexibility index (Phi) is 4.69. The summed E-state index contributed by atoms with van der Waals surface area (Å²) in [6.07, 6.45) is 0. The zero-order valence-corrected chi connectivity index (χ0v) is 12.5. The maximum atomic E-state index is 12.2. The molecule has 0 spiro atoms. The zero-order valence-electron chi connectivity index (χ0n) is 12.5. The molecule has 0 bridgehead atoms. The molecule has 0 heterocycles. The van der Waals surface area contributed by atoms with Gasteiger partial charge in [0.1, 0.15) is 0 Å². The molecular formula is C16H25NO. The molecule has 2 heteroatoms. The van der Waals surface area contributed by atoms with E-state index in [1.165, 1.54) is 11.1 Å². The van der Waals surface area contributed by atoms with E-state index in [1.54, 1.807) is 0 Å². The number of benzene rings is 1. The normalized spacial score (nSPS) is 11.9. The van der Waals surface area contributed by atoms with Crippen LogP contribution in [0.2, 0.25) is 0 Å². The molecule has 0 fully saturated rings. The number of rotatable bonds is 4. The van der Waals surface area contributed by atoms with Crippen LogP contribution in [0, 0.1) is 19.3 Å². The predicted octanol–water partition coefficient (Wildman–Crippen LogP) is 3.46. The molecule has 0 aliphatic heterocycles. The molecule has 0 saturated heterocycles. The molecule has 0 N–H and O–H groups in total. The Morgan fingerprint density at radius 1 is 1.17 bits per heavy atom. The second-order valence-electron chi connectivity index (χ2n) is 6.46. The van der Waals surface area contributed by atoms with E-state index >= 15 is 0 Å². The van der Waals surface area contributed by atoms with Crippen LogP contribution in [0.1, 0.15) is 42.3 Å². The van der Waals surface area contributed by atoms with Crippen molar-refractivity contribution >= 4 is 5.78 Å². The summed E-state index contributed by atoms with van der Waals surface area (Å²) in [5.41, 5.74) is 3.45. The van der Waals surface area contributed by atoms with E-state index in [1.807, 2.05) is 32.2 Å². The van der Waals surface area contributed by atoms with Gasteiger partial charge in [0, 0.05) is 12.1 Å². The molecule has 0 saturated carbocycles. The van der Waals surface area contributed by atoms with Crippen molar-refractivity contribution in [2.45, 2.75) is 34.6 Å². The van der Waals surface area contributed by atoms with Crippen molar-refractivity contribution in [3.63, 3.8) is 0 Å². The lowest BCUT2D eigenvalue weighted by Gasteiger charge is -2.25. The monoisotopic (exact) mass is 247 g/mol. The fourth-order valence-electron chi connectivity index (χ4n) is 2.12. The molecule has 100 valence electrons. The number of aryl methyl sites for hydroxylation is 2. The maximum Gasteiger partial charge on any atom is 0.176 e. The van der Waals surface area contributed by atoms with Gasteiger partial charge in [0.15, 0.2) is 5.78 Å². The average Bonchev–Trinajstić information content (AvgIpc) is 2.18. The Morgan fingerprint density at radius 2 is 1.78 bits per heavy atom.